The van der Waals surface area contributed by atoms with Crippen molar-refractivity contribution >= 4 is 80.8 Å². The van der Waals surface area contributed by atoms with Crippen LogP contribution in [0.2, 0.25) is 10.0 Å². The van der Waals surface area contributed by atoms with Crippen molar-refractivity contribution in [2.24, 2.45) is 0 Å². The van der Waals surface area contributed by atoms with E-state index in [1.165, 1.54) is 0 Å². The zero-order valence-corrected chi connectivity index (χ0v) is 24.6. The summed E-state index contributed by atoms with van der Waals surface area (Å²) in [6.45, 7) is 0.433. The molecule has 0 atom stereocenters. The van der Waals surface area contributed by atoms with Gasteiger partial charge in [0.2, 0.25) is 5.91 Å². The van der Waals surface area contributed by atoms with Crippen LogP contribution in [0.4, 0.5) is 11.4 Å². The highest BCUT2D eigenvalue weighted by molar-refractivity contribution is 8.26. The molecule has 1 aliphatic heterocycles. The number of nitrogens with one attached hydrogen (secondary N) is 2. The largest absolute Gasteiger partial charge is 0.489 e. The van der Waals surface area contributed by atoms with E-state index in [9.17, 15) is 9.59 Å². The Morgan fingerprint density at radius 2 is 1.63 bits per heavy atom. The number of rotatable bonds is 9. The Balaban J connectivity index is 1.24. The van der Waals surface area contributed by atoms with Crippen molar-refractivity contribution in [2.75, 3.05) is 5.32 Å². The van der Waals surface area contributed by atoms with Gasteiger partial charge in [0.25, 0.3) is 5.91 Å². The van der Waals surface area contributed by atoms with E-state index >= 15 is 0 Å². The molecule has 1 heterocycles. The van der Waals surface area contributed by atoms with Crippen molar-refractivity contribution in [2.45, 2.75) is 13.0 Å². The minimum atomic E-state index is -0.404. The number of anilines is 2. The van der Waals surface area contributed by atoms with E-state index in [0.717, 1.165) is 27.9 Å². The zero-order valence-electron chi connectivity index (χ0n) is 21.5. The molecule has 0 spiro atoms. The highest BCUT2D eigenvalue weighted by Crippen LogP contribution is 2.34. The number of thioether (sulfide) groups is 1. The molecule has 2 N–H and O–H groups in total. The number of hydrazine groups is 1. The molecule has 0 unspecified atom stereocenters. The molecule has 0 radical (unpaired) electrons. The van der Waals surface area contributed by atoms with Crippen molar-refractivity contribution in [1.29, 1.82) is 0 Å². The fourth-order valence-corrected chi connectivity index (χ4v) is 5.71. The number of hydrogen-bond acceptors (Lipinski definition) is 6. The zero-order chi connectivity index (χ0) is 28.8. The van der Waals surface area contributed by atoms with Crippen LogP contribution in [-0.4, -0.2) is 21.1 Å². The summed E-state index contributed by atoms with van der Waals surface area (Å²) in [6.07, 6.45) is 1.72. The summed E-state index contributed by atoms with van der Waals surface area (Å²) in [5.41, 5.74) is 6.37. The minimum absolute atomic E-state index is 0.0118. The van der Waals surface area contributed by atoms with Gasteiger partial charge in [-0.05, 0) is 65.3 Å². The second kappa shape index (κ2) is 13.2. The lowest BCUT2D eigenvalue weighted by Crippen LogP contribution is -2.45. The van der Waals surface area contributed by atoms with Crippen LogP contribution >= 0.6 is 47.2 Å². The summed E-state index contributed by atoms with van der Waals surface area (Å²) in [4.78, 5) is 26.5. The van der Waals surface area contributed by atoms with Gasteiger partial charge in [-0.25, -0.2) is 0 Å². The smallest absolute Gasteiger partial charge is 0.285 e. The number of carbonyl (C=O) groups excluding carboxylic acids is 2. The second-order valence-electron chi connectivity index (χ2n) is 8.95. The molecule has 0 aromatic heterocycles. The van der Waals surface area contributed by atoms with Crippen LogP contribution in [0.5, 0.6) is 5.75 Å². The first-order chi connectivity index (χ1) is 19.9. The predicted molar refractivity (Wildman–Crippen MR) is 170 cm³/mol. The van der Waals surface area contributed by atoms with Gasteiger partial charge in [0.15, 0.2) is 4.32 Å². The monoisotopic (exact) mass is 619 g/mol. The fourth-order valence-electron chi connectivity index (χ4n) is 4.04. The molecule has 4 aromatic rings. The molecule has 1 aliphatic rings. The number of benzene rings is 4. The van der Waals surface area contributed by atoms with Gasteiger partial charge in [-0.1, -0.05) is 102 Å². The molecule has 0 bridgehead atoms. The molecule has 6 nitrogen and oxygen atoms in total. The first-order valence-electron chi connectivity index (χ1n) is 12.5. The number of ether oxygens (including phenoxy) is 1. The number of para-hydroxylation sites is 2. The third-order valence-corrected chi connectivity index (χ3v) is 7.96. The van der Waals surface area contributed by atoms with E-state index in [1.54, 1.807) is 24.3 Å². The third-order valence-electron chi connectivity index (χ3n) is 6.03. The first kappa shape index (κ1) is 28.7. The maximum Gasteiger partial charge on any atom is 0.285 e. The Labute approximate surface area is 257 Å². The lowest BCUT2D eigenvalue weighted by Gasteiger charge is -2.17. The molecule has 0 aliphatic carbocycles. The van der Waals surface area contributed by atoms with Gasteiger partial charge in [-0.15, -0.1) is 0 Å². The second-order valence-corrected chi connectivity index (χ2v) is 11.4. The van der Waals surface area contributed by atoms with Crippen molar-refractivity contribution in [3.63, 3.8) is 0 Å². The van der Waals surface area contributed by atoms with Crippen molar-refractivity contribution < 1.29 is 14.3 Å². The summed E-state index contributed by atoms with van der Waals surface area (Å²) < 4.78 is 6.14. The van der Waals surface area contributed by atoms with Gasteiger partial charge in [-0.3, -0.25) is 15.0 Å². The molecule has 1 fully saturated rings. The van der Waals surface area contributed by atoms with Crippen LogP contribution in [-0.2, 0) is 22.6 Å². The van der Waals surface area contributed by atoms with E-state index in [0.29, 0.717) is 44.2 Å². The Morgan fingerprint density at radius 3 is 2.41 bits per heavy atom. The molecule has 4 aromatic carbocycles. The van der Waals surface area contributed by atoms with E-state index in [1.807, 2.05) is 78.9 Å². The summed E-state index contributed by atoms with van der Waals surface area (Å²) in [6, 6.07) is 29.8. The summed E-state index contributed by atoms with van der Waals surface area (Å²) in [5.74, 6) is -0.131. The lowest BCUT2D eigenvalue weighted by molar-refractivity contribution is -0.132. The molecule has 2 amide bonds. The molecule has 206 valence electrons. The van der Waals surface area contributed by atoms with Gasteiger partial charge >= 0.3 is 0 Å². The standard InChI is InChI=1S/C31H23Cl2N3O3S2/c32-24-13-7-14-25(33)29(24)34-26-15-5-4-11-22(26)18-28(37)35-36-30(38)27(41-31(36)40)17-21-10-6-12-23(16-21)39-19-20-8-2-1-3-9-20/h1-17,34H,18-19H2,(H,35,37)/b27-17-. The number of amides is 2. The first-order valence-corrected chi connectivity index (χ1v) is 14.5. The number of halogens is 2. The molecule has 41 heavy (non-hydrogen) atoms. The Kier molecular flexibility index (Phi) is 9.26. The highest BCUT2D eigenvalue weighted by Gasteiger charge is 2.33. The molecule has 0 saturated carbocycles. The summed E-state index contributed by atoms with van der Waals surface area (Å²) in [7, 11) is 0. The van der Waals surface area contributed by atoms with Gasteiger partial charge in [0, 0.05) is 5.69 Å². The normalized spacial score (nSPS) is 13.9. The number of hydrogen-bond donors (Lipinski definition) is 2. The number of thiocarbonyl (C=S) groups is 1. The van der Waals surface area contributed by atoms with Crippen LogP contribution < -0.4 is 15.5 Å². The van der Waals surface area contributed by atoms with Gasteiger partial charge < -0.3 is 10.1 Å². The summed E-state index contributed by atoms with van der Waals surface area (Å²) >= 11 is 19.1. The van der Waals surface area contributed by atoms with Crippen LogP contribution in [0.3, 0.4) is 0 Å². The van der Waals surface area contributed by atoms with E-state index in [4.69, 9.17) is 40.2 Å². The molecule has 10 heteroatoms. The Hall–Kier alpha value is -3.82. The minimum Gasteiger partial charge on any atom is -0.489 e. The van der Waals surface area contributed by atoms with Gasteiger partial charge in [-0.2, -0.15) is 5.01 Å². The quantitative estimate of drug-likeness (QED) is 0.147. The maximum absolute atomic E-state index is 13.1. The SMILES string of the molecule is O=C(Cc1ccccc1Nc1c(Cl)cccc1Cl)NN1C(=O)/C(=C/c2cccc(OCc3ccccc3)c2)SC1=S. The van der Waals surface area contributed by atoms with Crippen LogP contribution in [0, 0.1) is 0 Å². The average molecular weight is 621 g/mol. The number of nitrogens with zero attached hydrogens (tertiary/aromatic N) is 1. The predicted octanol–water partition coefficient (Wildman–Crippen LogP) is 7.79. The lowest BCUT2D eigenvalue weighted by atomic mass is 10.1. The van der Waals surface area contributed by atoms with E-state index in [2.05, 4.69) is 10.7 Å². The van der Waals surface area contributed by atoms with Crippen molar-refractivity contribution in [3.05, 3.63) is 129 Å². The van der Waals surface area contributed by atoms with Gasteiger partial charge in [0.05, 0.1) is 27.1 Å². The maximum atomic E-state index is 13.1. The molecular weight excluding hydrogens is 597 g/mol. The van der Waals surface area contributed by atoms with Crippen molar-refractivity contribution in [1.82, 2.24) is 10.4 Å². The van der Waals surface area contributed by atoms with Gasteiger partial charge in [0.1, 0.15) is 12.4 Å². The van der Waals surface area contributed by atoms with E-state index < -0.39 is 11.8 Å². The topological polar surface area (TPSA) is 70.7 Å². The number of carbonyl (C=O) groups is 2. The Bertz CT molecular complexity index is 1630. The fraction of sp³-hybridized carbons (Fsp3) is 0.0645. The van der Waals surface area contributed by atoms with Crippen LogP contribution in [0.25, 0.3) is 6.08 Å². The molecule has 5 rings (SSSR count). The van der Waals surface area contributed by atoms with E-state index in [-0.39, 0.29) is 10.7 Å². The highest BCUT2D eigenvalue weighted by atomic mass is 35.5. The summed E-state index contributed by atoms with van der Waals surface area (Å²) in [5, 5.41) is 5.22. The third kappa shape index (κ3) is 7.28. The van der Waals surface area contributed by atoms with Crippen LogP contribution in [0.1, 0.15) is 16.7 Å². The van der Waals surface area contributed by atoms with Crippen molar-refractivity contribution in [3.8, 4) is 5.75 Å². The average Bonchev–Trinajstić information content (AvgIpc) is 3.22. The van der Waals surface area contributed by atoms with Crippen LogP contribution in [0.15, 0.2) is 102 Å². The molecular formula is C31H23Cl2N3O3S2. The Morgan fingerprint density at radius 1 is 0.927 bits per heavy atom. The molecule has 1 saturated heterocycles.